The van der Waals surface area contributed by atoms with Gasteiger partial charge in [-0.05, 0) is 53.9 Å². The summed E-state index contributed by atoms with van der Waals surface area (Å²) in [6.45, 7) is 3.46. The number of hydrogen-bond donors (Lipinski definition) is 2. The molecule has 8 nitrogen and oxygen atoms in total. The van der Waals surface area contributed by atoms with Crippen molar-refractivity contribution in [2.45, 2.75) is 25.3 Å². The first-order chi connectivity index (χ1) is 15.6. The van der Waals surface area contributed by atoms with Crippen molar-refractivity contribution in [3.63, 3.8) is 0 Å². The van der Waals surface area contributed by atoms with Crippen molar-refractivity contribution in [1.29, 1.82) is 0 Å². The number of methoxy groups -OCH3 is 2. The predicted octanol–water partition coefficient (Wildman–Crippen LogP) is 3.11. The summed E-state index contributed by atoms with van der Waals surface area (Å²) >= 11 is 0. The van der Waals surface area contributed by atoms with E-state index in [4.69, 9.17) is 23.7 Å². The maximum atomic E-state index is 13.0. The first-order valence-electron chi connectivity index (χ1n) is 10.9. The third-order valence-electron chi connectivity index (χ3n) is 6.66. The molecule has 3 aliphatic rings. The average molecular weight is 441 g/mol. The standard InChI is InChI=1S/C24H27NO7/c1-4-5-25-22-14-9-17-16(31-11-32-17)8-13(14)20(21-15(22)10-30-24(21)27)12-6-18(28-2)23(26)19(7-12)29-3/h6-9,15,20-22,25-26H,4-5,10-11H2,1-3H3/t15-,20+,21-,22-/m0/s1. The Morgan fingerprint density at radius 2 is 1.69 bits per heavy atom. The lowest BCUT2D eigenvalue weighted by Crippen LogP contribution is -2.41. The van der Waals surface area contributed by atoms with Gasteiger partial charge in [0, 0.05) is 17.9 Å². The van der Waals surface area contributed by atoms with Gasteiger partial charge < -0.3 is 34.1 Å². The van der Waals surface area contributed by atoms with Gasteiger partial charge in [-0.2, -0.15) is 0 Å². The van der Waals surface area contributed by atoms with Crippen LogP contribution in [0, 0.1) is 11.8 Å². The van der Waals surface area contributed by atoms with E-state index in [1.54, 1.807) is 12.1 Å². The van der Waals surface area contributed by atoms with Crippen molar-refractivity contribution in [2.75, 3.05) is 34.2 Å². The minimum atomic E-state index is -0.392. The lowest BCUT2D eigenvalue weighted by molar-refractivity contribution is -0.141. The molecule has 4 atom stereocenters. The van der Waals surface area contributed by atoms with E-state index in [1.807, 2.05) is 12.1 Å². The average Bonchev–Trinajstić information content (AvgIpc) is 3.42. The van der Waals surface area contributed by atoms with Gasteiger partial charge in [0.25, 0.3) is 0 Å². The molecule has 0 amide bonds. The zero-order valence-corrected chi connectivity index (χ0v) is 18.3. The van der Waals surface area contributed by atoms with Crippen LogP contribution < -0.4 is 24.3 Å². The number of fused-ring (bicyclic) bond motifs is 3. The van der Waals surface area contributed by atoms with Crippen LogP contribution in [-0.4, -0.2) is 45.2 Å². The number of phenolic OH excluding ortho intramolecular Hbond substituents is 1. The molecule has 1 fully saturated rings. The first kappa shape index (κ1) is 20.8. The lowest BCUT2D eigenvalue weighted by Gasteiger charge is -2.39. The molecule has 0 saturated carbocycles. The Balaban J connectivity index is 1.72. The number of phenols is 1. The Morgan fingerprint density at radius 1 is 1.03 bits per heavy atom. The van der Waals surface area contributed by atoms with Crippen molar-refractivity contribution in [1.82, 2.24) is 5.32 Å². The second kappa shape index (κ2) is 8.09. The van der Waals surface area contributed by atoms with E-state index in [2.05, 4.69) is 12.2 Å². The molecule has 2 aliphatic heterocycles. The Labute approximate surface area is 186 Å². The van der Waals surface area contributed by atoms with Crippen molar-refractivity contribution in [3.8, 4) is 28.7 Å². The van der Waals surface area contributed by atoms with E-state index in [0.29, 0.717) is 18.1 Å². The van der Waals surface area contributed by atoms with E-state index in [9.17, 15) is 9.90 Å². The molecule has 8 heteroatoms. The predicted molar refractivity (Wildman–Crippen MR) is 115 cm³/mol. The van der Waals surface area contributed by atoms with Crippen LogP contribution in [0.1, 0.15) is 42.0 Å². The molecule has 1 saturated heterocycles. The number of nitrogens with one attached hydrogen (secondary N) is 1. The molecule has 0 bridgehead atoms. The summed E-state index contributed by atoms with van der Waals surface area (Å²) in [5.74, 6) is 0.884. The highest BCUT2D eigenvalue weighted by molar-refractivity contribution is 5.79. The summed E-state index contributed by atoms with van der Waals surface area (Å²) in [5, 5.41) is 14.0. The number of carbonyl (C=O) groups excluding carboxylic acids is 1. The Hall–Kier alpha value is -3.13. The highest BCUT2D eigenvalue weighted by Crippen LogP contribution is 2.55. The molecular formula is C24H27NO7. The molecule has 5 rings (SSSR count). The van der Waals surface area contributed by atoms with Gasteiger partial charge in [0.1, 0.15) is 0 Å². The lowest BCUT2D eigenvalue weighted by atomic mass is 9.65. The van der Waals surface area contributed by atoms with Gasteiger partial charge in [-0.1, -0.05) is 6.92 Å². The SMILES string of the molecule is CCCN[C@H]1c2cc3c(cc2[C@@H](c2cc(OC)c(O)c(OC)c2)[C@H]2C(=O)OC[C@@H]21)OCO3. The van der Waals surface area contributed by atoms with E-state index in [1.165, 1.54) is 14.2 Å². The minimum Gasteiger partial charge on any atom is -0.502 e. The van der Waals surface area contributed by atoms with Gasteiger partial charge in [-0.3, -0.25) is 4.79 Å². The van der Waals surface area contributed by atoms with Gasteiger partial charge >= 0.3 is 5.97 Å². The Bertz CT molecular complexity index is 1030. The normalized spacial score (nSPS) is 25.2. The van der Waals surface area contributed by atoms with Crippen LogP contribution >= 0.6 is 0 Å². The van der Waals surface area contributed by atoms with Crippen LogP contribution in [-0.2, 0) is 9.53 Å². The monoisotopic (exact) mass is 441 g/mol. The molecule has 1 aliphatic carbocycles. The number of benzene rings is 2. The Morgan fingerprint density at radius 3 is 2.31 bits per heavy atom. The molecule has 0 unspecified atom stereocenters. The molecule has 2 aromatic rings. The minimum absolute atomic E-state index is 0.0438. The fourth-order valence-electron chi connectivity index (χ4n) is 5.22. The maximum absolute atomic E-state index is 13.0. The summed E-state index contributed by atoms with van der Waals surface area (Å²) in [6, 6.07) is 7.47. The number of esters is 1. The third-order valence-corrected chi connectivity index (χ3v) is 6.66. The number of rotatable bonds is 6. The molecular weight excluding hydrogens is 414 g/mol. The van der Waals surface area contributed by atoms with Crippen LogP contribution in [0.5, 0.6) is 28.7 Å². The number of cyclic esters (lactones) is 1. The second-order valence-corrected chi connectivity index (χ2v) is 8.34. The van der Waals surface area contributed by atoms with Crippen molar-refractivity contribution in [2.24, 2.45) is 11.8 Å². The summed E-state index contributed by atoms with van der Waals surface area (Å²) < 4.78 is 27.7. The highest BCUT2D eigenvalue weighted by atomic mass is 16.7. The first-order valence-corrected chi connectivity index (χ1v) is 10.9. The van der Waals surface area contributed by atoms with Crippen LogP contribution in [0.4, 0.5) is 0 Å². The van der Waals surface area contributed by atoms with Gasteiger partial charge in [0.05, 0.1) is 26.7 Å². The number of ether oxygens (including phenoxy) is 5. The number of hydrogen-bond acceptors (Lipinski definition) is 8. The molecule has 170 valence electrons. The highest BCUT2D eigenvalue weighted by Gasteiger charge is 2.52. The summed E-state index contributed by atoms with van der Waals surface area (Å²) in [5.41, 5.74) is 2.84. The maximum Gasteiger partial charge on any atom is 0.310 e. The number of aromatic hydroxyl groups is 1. The summed E-state index contributed by atoms with van der Waals surface area (Å²) in [4.78, 5) is 13.0. The topological polar surface area (TPSA) is 95.5 Å². The van der Waals surface area contributed by atoms with Gasteiger partial charge in [0.2, 0.25) is 12.5 Å². The molecule has 32 heavy (non-hydrogen) atoms. The summed E-state index contributed by atoms with van der Waals surface area (Å²) in [7, 11) is 2.98. The van der Waals surface area contributed by atoms with Crippen LogP contribution in [0.15, 0.2) is 24.3 Å². The quantitative estimate of drug-likeness (QED) is 0.661. The molecule has 2 aromatic carbocycles. The third kappa shape index (κ3) is 3.12. The van der Waals surface area contributed by atoms with Crippen LogP contribution in [0.3, 0.4) is 0 Å². The largest absolute Gasteiger partial charge is 0.502 e. The van der Waals surface area contributed by atoms with Crippen molar-refractivity contribution in [3.05, 3.63) is 41.0 Å². The van der Waals surface area contributed by atoms with Crippen molar-refractivity contribution < 1.29 is 33.6 Å². The van der Waals surface area contributed by atoms with Crippen molar-refractivity contribution >= 4 is 5.97 Å². The van der Waals surface area contributed by atoms with E-state index in [0.717, 1.165) is 29.7 Å². The molecule has 0 aromatic heterocycles. The Kier molecular flexibility index (Phi) is 5.25. The molecule has 0 radical (unpaired) electrons. The van der Waals surface area contributed by atoms with E-state index in [-0.39, 0.29) is 47.9 Å². The van der Waals surface area contributed by atoms with E-state index < -0.39 is 5.92 Å². The summed E-state index contributed by atoms with van der Waals surface area (Å²) in [6.07, 6.45) is 0.971. The van der Waals surface area contributed by atoms with Crippen LogP contribution in [0.25, 0.3) is 0 Å². The molecule has 2 heterocycles. The zero-order chi connectivity index (χ0) is 22.4. The van der Waals surface area contributed by atoms with Gasteiger partial charge in [-0.25, -0.2) is 0 Å². The fourth-order valence-corrected chi connectivity index (χ4v) is 5.22. The molecule has 2 N–H and O–H groups in total. The van der Waals surface area contributed by atoms with Gasteiger partial charge in [-0.15, -0.1) is 0 Å². The molecule has 0 spiro atoms. The smallest absolute Gasteiger partial charge is 0.310 e. The fraction of sp³-hybridized carbons (Fsp3) is 0.458. The van der Waals surface area contributed by atoms with E-state index >= 15 is 0 Å². The zero-order valence-electron chi connectivity index (χ0n) is 18.3. The number of carbonyl (C=O) groups is 1. The second-order valence-electron chi connectivity index (χ2n) is 8.34. The van der Waals surface area contributed by atoms with Gasteiger partial charge in [0.15, 0.2) is 23.0 Å². The van der Waals surface area contributed by atoms with Crippen LogP contribution in [0.2, 0.25) is 0 Å².